The molecule has 0 unspecified atom stereocenters. The van der Waals surface area contributed by atoms with Gasteiger partial charge in [0.15, 0.2) is 0 Å². The van der Waals surface area contributed by atoms with E-state index in [2.05, 4.69) is 15.0 Å². The third-order valence-electron chi connectivity index (χ3n) is 7.31. The van der Waals surface area contributed by atoms with Gasteiger partial charge in [0, 0.05) is 36.7 Å². The van der Waals surface area contributed by atoms with Gasteiger partial charge in [0.1, 0.15) is 17.3 Å². The second-order valence-electron chi connectivity index (χ2n) is 9.86. The Morgan fingerprint density at radius 2 is 1.89 bits per heavy atom. The first-order valence-electron chi connectivity index (χ1n) is 12.4. The zero-order valence-corrected chi connectivity index (χ0v) is 20.1. The number of aromatic amines is 1. The number of hydrogen-bond acceptors (Lipinski definition) is 4. The van der Waals surface area contributed by atoms with Crippen molar-refractivity contribution in [1.82, 2.24) is 19.9 Å². The van der Waals surface area contributed by atoms with Gasteiger partial charge < -0.3 is 14.6 Å². The van der Waals surface area contributed by atoms with Crippen molar-refractivity contribution in [3.63, 3.8) is 0 Å². The Morgan fingerprint density at radius 3 is 2.65 bits per heavy atom. The molecule has 0 radical (unpaired) electrons. The van der Waals surface area contributed by atoms with Gasteiger partial charge in [-0.25, -0.2) is 18.7 Å². The molecule has 2 atom stereocenters. The van der Waals surface area contributed by atoms with Crippen LogP contribution in [0.5, 0.6) is 0 Å². The predicted octanol–water partition coefficient (Wildman–Crippen LogP) is 5.52. The Morgan fingerprint density at radius 1 is 1.14 bits per heavy atom. The molecule has 6 nitrogen and oxygen atoms in total. The number of aromatic nitrogens is 3. The van der Waals surface area contributed by atoms with E-state index < -0.39 is 29.1 Å². The summed E-state index contributed by atoms with van der Waals surface area (Å²) < 4.78 is 75.7. The van der Waals surface area contributed by atoms with Crippen LogP contribution in [-0.4, -0.2) is 52.1 Å². The summed E-state index contributed by atoms with van der Waals surface area (Å²) in [5.41, 5.74) is -1.54. The van der Waals surface area contributed by atoms with E-state index in [1.54, 1.807) is 4.90 Å². The van der Waals surface area contributed by atoms with Gasteiger partial charge >= 0.3 is 6.18 Å². The van der Waals surface area contributed by atoms with Crippen LogP contribution >= 0.6 is 0 Å². The van der Waals surface area contributed by atoms with Crippen LogP contribution in [0.25, 0.3) is 22.3 Å². The number of alkyl halides is 3. The molecular weight excluding hydrogens is 495 g/mol. The Kier molecular flexibility index (Phi) is 7.15. The fourth-order valence-electron chi connectivity index (χ4n) is 5.50. The molecule has 0 bridgehead atoms. The van der Waals surface area contributed by atoms with Gasteiger partial charge in [0.05, 0.1) is 36.4 Å². The number of pyridine rings is 2. The van der Waals surface area contributed by atoms with Crippen LogP contribution in [0, 0.1) is 23.5 Å². The maximum absolute atomic E-state index is 15.0. The highest BCUT2D eigenvalue weighted by atomic mass is 19.4. The minimum absolute atomic E-state index is 0.00760. The van der Waals surface area contributed by atoms with Crippen molar-refractivity contribution in [2.24, 2.45) is 11.8 Å². The summed E-state index contributed by atoms with van der Waals surface area (Å²) in [5.74, 6) is -1.52. The number of H-pyrrole nitrogens is 1. The van der Waals surface area contributed by atoms with Crippen LogP contribution in [0.15, 0.2) is 24.5 Å². The van der Waals surface area contributed by atoms with Gasteiger partial charge in [-0.2, -0.15) is 13.2 Å². The van der Waals surface area contributed by atoms with Crippen molar-refractivity contribution >= 4 is 16.9 Å². The number of nitrogens with one attached hydrogen (secondary N) is 1. The number of halogens is 5. The summed E-state index contributed by atoms with van der Waals surface area (Å²) in [6.07, 6.45) is 1.14. The quantitative estimate of drug-likeness (QED) is 0.448. The van der Waals surface area contributed by atoms with Crippen LogP contribution in [0.3, 0.4) is 0 Å². The van der Waals surface area contributed by atoms with E-state index in [1.807, 2.05) is 0 Å². The Bertz CT molecular complexity index is 1290. The second kappa shape index (κ2) is 10.4. The predicted molar refractivity (Wildman–Crippen MR) is 125 cm³/mol. The maximum atomic E-state index is 15.0. The molecule has 11 heteroatoms. The monoisotopic (exact) mass is 522 g/mol. The molecular formula is C26H27F5N4O2. The lowest BCUT2D eigenvalue weighted by atomic mass is 9.77. The summed E-state index contributed by atoms with van der Waals surface area (Å²) in [7, 11) is 0. The van der Waals surface area contributed by atoms with Gasteiger partial charge in [0.25, 0.3) is 0 Å². The topological polar surface area (TPSA) is 71.1 Å². The average Bonchev–Trinajstić information content (AvgIpc) is 3.28. The molecule has 0 spiro atoms. The molecule has 198 valence electrons. The fourth-order valence-corrected chi connectivity index (χ4v) is 5.50. The van der Waals surface area contributed by atoms with Crippen LogP contribution in [0.1, 0.15) is 43.4 Å². The third kappa shape index (κ3) is 5.61. The first-order chi connectivity index (χ1) is 17.7. The van der Waals surface area contributed by atoms with E-state index in [4.69, 9.17) is 4.74 Å². The number of carbonyl (C=O) groups is 1. The van der Waals surface area contributed by atoms with Crippen LogP contribution in [0.2, 0.25) is 0 Å². The summed E-state index contributed by atoms with van der Waals surface area (Å²) in [6, 6.07) is 1.56. The Hall–Kier alpha value is -3.08. The molecule has 1 saturated carbocycles. The summed E-state index contributed by atoms with van der Waals surface area (Å²) in [6.45, 7) is 2.20. The van der Waals surface area contributed by atoms with Crippen molar-refractivity contribution in [2.75, 3.05) is 26.3 Å². The average molecular weight is 523 g/mol. The molecule has 2 aliphatic rings. The smallest absolute Gasteiger partial charge is 0.378 e. The number of morpholine rings is 1. The van der Waals surface area contributed by atoms with E-state index in [1.165, 1.54) is 6.20 Å². The fraction of sp³-hybridized carbons (Fsp3) is 0.500. The minimum Gasteiger partial charge on any atom is -0.378 e. The summed E-state index contributed by atoms with van der Waals surface area (Å²) in [4.78, 5) is 25.2. The standard InChI is InChI=1S/C26H27F5N4O2/c27-17-11-18-19(14-33-25(18)32-13-17)24-20(26(29,30)31)12-21(28)22(34-24)9-15-2-1-3-16(8-15)10-23(36)35-4-6-37-7-5-35/h11-16H,1-10H2,(H,32,33)/t15-,16+/m0/s1. The number of rotatable bonds is 5. The number of hydrogen-bond donors (Lipinski definition) is 1. The van der Waals surface area contributed by atoms with Crippen molar-refractivity contribution in [3.8, 4) is 11.3 Å². The highest BCUT2D eigenvalue weighted by Crippen LogP contribution is 2.40. The lowest BCUT2D eigenvalue weighted by Crippen LogP contribution is -2.41. The highest BCUT2D eigenvalue weighted by molar-refractivity contribution is 5.93. The highest BCUT2D eigenvalue weighted by Gasteiger charge is 2.37. The zero-order chi connectivity index (χ0) is 26.2. The SMILES string of the molecule is O=C(C[C@@H]1CCC[C@H](Cc2nc(-c3c[nH]c4ncc(F)cc34)c(C(F)(F)F)cc2F)C1)N1CCOCC1. The van der Waals surface area contributed by atoms with E-state index in [9.17, 15) is 26.7 Å². The molecule has 0 aromatic carbocycles. The first-order valence-corrected chi connectivity index (χ1v) is 12.4. The molecule has 3 aromatic rings. The normalized spacial score (nSPS) is 20.9. The molecule has 1 saturated heterocycles. The van der Waals surface area contributed by atoms with E-state index >= 15 is 0 Å². The maximum Gasteiger partial charge on any atom is 0.418 e. The van der Waals surface area contributed by atoms with Crippen molar-refractivity contribution < 1.29 is 31.5 Å². The van der Waals surface area contributed by atoms with Crippen LogP contribution in [-0.2, 0) is 22.1 Å². The van der Waals surface area contributed by atoms with Crippen LogP contribution in [0.4, 0.5) is 22.0 Å². The number of fused-ring (bicyclic) bond motifs is 1. The van der Waals surface area contributed by atoms with Gasteiger partial charge in [0.2, 0.25) is 5.91 Å². The van der Waals surface area contributed by atoms with Crippen molar-refractivity contribution in [1.29, 1.82) is 0 Å². The van der Waals surface area contributed by atoms with Crippen LogP contribution < -0.4 is 0 Å². The molecule has 1 amide bonds. The lowest BCUT2D eigenvalue weighted by Gasteiger charge is -2.32. The molecule has 4 heterocycles. The van der Waals surface area contributed by atoms with Gasteiger partial charge in [-0.15, -0.1) is 0 Å². The molecule has 2 fully saturated rings. The van der Waals surface area contributed by atoms with Gasteiger partial charge in [-0.05, 0) is 43.2 Å². The molecule has 5 rings (SSSR count). The Labute approximate surface area is 210 Å². The molecule has 3 aromatic heterocycles. The Balaban J connectivity index is 1.39. The minimum atomic E-state index is -4.86. The molecule has 1 N–H and O–H groups in total. The number of nitrogens with zero attached hydrogens (tertiary/aromatic N) is 3. The molecule has 37 heavy (non-hydrogen) atoms. The van der Waals surface area contributed by atoms with Gasteiger partial charge in [-0.1, -0.05) is 12.8 Å². The summed E-state index contributed by atoms with van der Waals surface area (Å²) >= 11 is 0. The summed E-state index contributed by atoms with van der Waals surface area (Å²) in [5, 5.41) is 0.134. The van der Waals surface area contributed by atoms with E-state index in [0.717, 1.165) is 31.5 Å². The van der Waals surface area contributed by atoms with Gasteiger partial charge in [-0.3, -0.25) is 4.79 Å². The van der Waals surface area contributed by atoms with E-state index in [-0.39, 0.29) is 46.5 Å². The number of carbonyl (C=O) groups excluding carboxylic acids is 1. The number of amides is 1. The molecule has 1 aliphatic heterocycles. The third-order valence-corrected chi connectivity index (χ3v) is 7.31. The van der Waals surface area contributed by atoms with E-state index in [0.29, 0.717) is 45.2 Å². The number of ether oxygens (including phenoxy) is 1. The lowest BCUT2D eigenvalue weighted by molar-refractivity contribution is -0.137. The van der Waals surface area contributed by atoms with Crippen molar-refractivity contribution in [3.05, 3.63) is 47.4 Å². The zero-order valence-electron chi connectivity index (χ0n) is 20.1. The van der Waals surface area contributed by atoms with Crippen molar-refractivity contribution in [2.45, 2.75) is 44.7 Å². The largest absolute Gasteiger partial charge is 0.418 e. The molecule has 1 aliphatic carbocycles. The first kappa shape index (κ1) is 25.6. The second-order valence-corrected chi connectivity index (χ2v) is 9.86.